The van der Waals surface area contributed by atoms with Gasteiger partial charge in [-0.1, -0.05) is 11.6 Å². The third-order valence-electron chi connectivity index (χ3n) is 2.43. The van der Waals surface area contributed by atoms with Crippen molar-refractivity contribution < 1.29 is 9.47 Å². The highest BCUT2D eigenvalue weighted by molar-refractivity contribution is 9.10. The maximum Gasteiger partial charge on any atom is 0.163 e. The van der Waals surface area contributed by atoms with Gasteiger partial charge in [-0.05, 0) is 35.8 Å². The molecule has 0 spiro atoms. The van der Waals surface area contributed by atoms with E-state index in [1.165, 1.54) is 4.88 Å². The lowest BCUT2D eigenvalue weighted by atomic mass is 10.3. The highest BCUT2D eigenvalue weighted by Gasteiger charge is 2.32. The highest BCUT2D eigenvalue weighted by atomic mass is 79.9. The van der Waals surface area contributed by atoms with Crippen molar-refractivity contribution in [3.63, 3.8) is 0 Å². The van der Waals surface area contributed by atoms with Crippen molar-refractivity contribution in [1.29, 1.82) is 0 Å². The highest BCUT2D eigenvalue weighted by Crippen LogP contribution is 2.31. The Labute approximate surface area is 119 Å². The van der Waals surface area contributed by atoms with Crippen molar-refractivity contribution in [3.05, 3.63) is 19.8 Å². The van der Waals surface area contributed by atoms with Gasteiger partial charge in [0.05, 0.1) is 12.7 Å². The number of thiophene rings is 1. The Kier molecular flexibility index (Phi) is 4.50. The number of nitrogens with one attached hydrogen (secondary N) is 1. The lowest BCUT2D eigenvalue weighted by Crippen LogP contribution is -2.30. The van der Waals surface area contributed by atoms with Gasteiger partial charge in [0.2, 0.25) is 0 Å². The predicted molar refractivity (Wildman–Crippen MR) is 73.6 cm³/mol. The Morgan fingerprint density at radius 2 is 2.41 bits per heavy atom. The summed E-state index contributed by atoms with van der Waals surface area (Å²) in [6.07, 6.45) is 0.129. The van der Waals surface area contributed by atoms with Crippen LogP contribution >= 0.6 is 38.9 Å². The van der Waals surface area contributed by atoms with Gasteiger partial charge in [0.1, 0.15) is 4.34 Å². The van der Waals surface area contributed by atoms with Crippen LogP contribution in [0.3, 0.4) is 0 Å². The number of rotatable bonds is 4. The second-order valence-corrected chi connectivity index (χ2v) is 7.01. The van der Waals surface area contributed by atoms with Crippen LogP contribution in [0.2, 0.25) is 4.34 Å². The second-order valence-electron chi connectivity index (χ2n) is 4.42. The predicted octanol–water partition coefficient (Wildman–Crippen LogP) is 3.41. The minimum absolute atomic E-state index is 0.129. The van der Waals surface area contributed by atoms with E-state index >= 15 is 0 Å². The lowest BCUT2D eigenvalue weighted by Gasteiger charge is -2.17. The minimum Gasteiger partial charge on any atom is -0.348 e. The van der Waals surface area contributed by atoms with Gasteiger partial charge in [0, 0.05) is 22.4 Å². The molecular formula is C11H15BrClNO2S. The fourth-order valence-electron chi connectivity index (χ4n) is 1.70. The SMILES string of the molecule is CC1(C)OCC(CNCc2cc(Br)c(Cl)s2)O1. The summed E-state index contributed by atoms with van der Waals surface area (Å²) in [6.45, 7) is 6.11. The molecule has 2 heterocycles. The van der Waals surface area contributed by atoms with Crippen molar-refractivity contribution in [3.8, 4) is 0 Å². The molecular weight excluding hydrogens is 326 g/mol. The van der Waals surface area contributed by atoms with E-state index in [4.69, 9.17) is 21.1 Å². The zero-order valence-corrected chi connectivity index (χ0v) is 12.9. The van der Waals surface area contributed by atoms with E-state index in [1.807, 2.05) is 19.9 Å². The summed E-state index contributed by atoms with van der Waals surface area (Å²) in [5.74, 6) is -0.443. The third-order valence-corrected chi connectivity index (χ3v) is 4.91. The molecule has 6 heteroatoms. The van der Waals surface area contributed by atoms with Crippen molar-refractivity contribution in [2.45, 2.75) is 32.3 Å². The average molecular weight is 341 g/mol. The van der Waals surface area contributed by atoms with Gasteiger partial charge >= 0.3 is 0 Å². The van der Waals surface area contributed by atoms with Gasteiger partial charge in [0.25, 0.3) is 0 Å². The molecule has 0 radical (unpaired) electrons. The fraction of sp³-hybridized carbons (Fsp3) is 0.636. The van der Waals surface area contributed by atoms with Crippen LogP contribution in [0, 0.1) is 0 Å². The smallest absolute Gasteiger partial charge is 0.163 e. The first-order valence-corrected chi connectivity index (χ1v) is 7.41. The number of halogens is 2. The monoisotopic (exact) mass is 339 g/mol. The third kappa shape index (κ3) is 3.91. The zero-order chi connectivity index (χ0) is 12.5. The Bertz CT molecular complexity index is 377. The molecule has 0 aromatic carbocycles. The van der Waals surface area contributed by atoms with Crippen LogP contribution in [0.5, 0.6) is 0 Å². The Morgan fingerprint density at radius 1 is 1.65 bits per heavy atom. The maximum absolute atomic E-state index is 5.97. The summed E-state index contributed by atoms with van der Waals surface area (Å²) in [5, 5.41) is 3.35. The summed E-state index contributed by atoms with van der Waals surface area (Å²) in [7, 11) is 0. The number of hydrogen-bond donors (Lipinski definition) is 1. The van der Waals surface area contributed by atoms with Crippen molar-refractivity contribution >= 4 is 38.9 Å². The molecule has 0 bridgehead atoms. The van der Waals surface area contributed by atoms with E-state index in [1.54, 1.807) is 11.3 Å². The van der Waals surface area contributed by atoms with Gasteiger partial charge in [-0.2, -0.15) is 0 Å². The molecule has 1 aromatic heterocycles. The molecule has 1 unspecified atom stereocenters. The van der Waals surface area contributed by atoms with Crippen molar-refractivity contribution in [2.24, 2.45) is 0 Å². The molecule has 17 heavy (non-hydrogen) atoms. The molecule has 1 N–H and O–H groups in total. The van der Waals surface area contributed by atoms with Crippen LogP contribution < -0.4 is 5.32 Å². The normalized spacial score (nSPS) is 23.2. The summed E-state index contributed by atoms with van der Waals surface area (Å²) in [4.78, 5) is 1.21. The molecule has 0 aliphatic carbocycles. The van der Waals surface area contributed by atoms with E-state index in [0.29, 0.717) is 6.61 Å². The van der Waals surface area contributed by atoms with Crippen LogP contribution in [0.15, 0.2) is 10.5 Å². The molecule has 1 aliphatic heterocycles. The van der Waals surface area contributed by atoms with E-state index in [9.17, 15) is 0 Å². The van der Waals surface area contributed by atoms with E-state index in [2.05, 4.69) is 21.2 Å². The van der Waals surface area contributed by atoms with Gasteiger partial charge in [-0.3, -0.25) is 0 Å². The van der Waals surface area contributed by atoms with Crippen LogP contribution in [0.25, 0.3) is 0 Å². The fourth-order valence-corrected chi connectivity index (χ4v) is 3.46. The largest absolute Gasteiger partial charge is 0.348 e. The molecule has 2 rings (SSSR count). The number of hydrogen-bond acceptors (Lipinski definition) is 4. The summed E-state index contributed by atoms with van der Waals surface area (Å²) >= 11 is 10.9. The Balaban J connectivity index is 1.73. The van der Waals surface area contributed by atoms with Crippen molar-refractivity contribution in [1.82, 2.24) is 5.32 Å². The van der Waals surface area contributed by atoms with Gasteiger partial charge in [0.15, 0.2) is 5.79 Å². The number of ether oxygens (including phenoxy) is 2. The van der Waals surface area contributed by atoms with Crippen LogP contribution in [-0.4, -0.2) is 25.0 Å². The molecule has 1 aromatic rings. The average Bonchev–Trinajstić information content (AvgIpc) is 2.72. The molecule has 0 amide bonds. The van der Waals surface area contributed by atoms with Gasteiger partial charge in [-0.15, -0.1) is 11.3 Å². The molecule has 1 atom stereocenters. The zero-order valence-electron chi connectivity index (χ0n) is 9.76. The van der Waals surface area contributed by atoms with E-state index < -0.39 is 5.79 Å². The van der Waals surface area contributed by atoms with E-state index in [-0.39, 0.29) is 6.10 Å². The molecule has 1 fully saturated rings. The van der Waals surface area contributed by atoms with E-state index in [0.717, 1.165) is 21.9 Å². The Hall–Kier alpha value is 0.350. The molecule has 1 saturated heterocycles. The summed E-state index contributed by atoms with van der Waals surface area (Å²) < 4.78 is 12.9. The van der Waals surface area contributed by atoms with Crippen LogP contribution in [-0.2, 0) is 16.0 Å². The molecule has 0 saturated carbocycles. The minimum atomic E-state index is -0.443. The van der Waals surface area contributed by atoms with Crippen molar-refractivity contribution in [2.75, 3.05) is 13.2 Å². The van der Waals surface area contributed by atoms with Crippen LogP contribution in [0.4, 0.5) is 0 Å². The second kappa shape index (κ2) is 5.55. The Morgan fingerprint density at radius 3 is 2.94 bits per heavy atom. The molecule has 3 nitrogen and oxygen atoms in total. The lowest BCUT2D eigenvalue weighted by molar-refractivity contribution is -0.137. The van der Waals surface area contributed by atoms with Gasteiger partial charge in [-0.25, -0.2) is 0 Å². The summed E-state index contributed by atoms with van der Waals surface area (Å²) in [6, 6.07) is 2.04. The molecule has 96 valence electrons. The topological polar surface area (TPSA) is 30.5 Å². The maximum atomic E-state index is 5.97. The quantitative estimate of drug-likeness (QED) is 0.911. The molecule has 1 aliphatic rings. The first-order valence-electron chi connectivity index (χ1n) is 5.42. The van der Waals surface area contributed by atoms with Crippen LogP contribution in [0.1, 0.15) is 18.7 Å². The first kappa shape index (κ1) is 13.8. The van der Waals surface area contributed by atoms with Gasteiger partial charge < -0.3 is 14.8 Å². The summed E-state index contributed by atoms with van der Waals surface area (Å²) in [5.41, 5.74) is 0. The standard InChI is InChI=1S/C11H15BrClNO2S/c1-11(2)15-6-7(16-11)4-14-5-8-3-9(12)10(13)17-8/h3,7,14H,4-6H2,1-2H3. The first-order chi connectivity index (χ1) is 7.96.